The molecule has 1 atom stereocenters. The van der Waals surface area contributed by atoms with E-state index < -0.39 is 17.4 Å². The average Bonchev–Trinajstić information content (AvgIpc) is 2.35. The molecule has 1 fully saturated rings. The molecule has 0 aliphatic heterocycles. The molecule has 0 saturated heterocycles. The molecule has 5 nitrogen and oxygen atoms in total. The first-order valence-electron chi connectivity index (χ1n) is 7.06. The standard InChI is InChI=1S/C14H26N2O3S/c1-14(2,3)11(12(17)18)16-13(19)15-9-5-7-10(20-4)8-6-9/h9-11H,5-8H2,1-4H3,(H,17,18)(H2,15,16,19)/t9?,10?,11-/m1/s1. The molecular weight excluding hydrogens is 276 g/mol. The molecule has 1 rings (SSSR count). The van der Waals surface area contributed by atoms with Gasteiger partial charge in [0.25, 0.3) is 0 Å². The van der Waals surface area contributed by atoms with E-state index in [9.17, 15) is 14.7 Å². The van der Waals surface area contributed by atoms with E-state index in [1.165, 1.54) is 0 Å². The van der Waals surface area contributed by atoms with E-state index in [0.29, 0.717) is 5.25 Å². The third-order valence-electron chi connectivity index (χ3n) is 3.73. The molecule has 6 heteroatoms. The highest BCUT2D eigenvalue weighted by Crippen LogP contribution is 2.26. The summed E-state index contributed by atoms with van der Waals surface area (Å²) in [5, 5.41) is 15.3. The summed E-state index contributed by atoms with van der Waals surface area (Å²) >= 11 is 1.88. The number of carboxylic acids is 1. The van der Waals surface area contributed by atoms with Crippen molar-refractivity contribution in [2.45, 2.75) is 63.8 Å². The van der Waals surface area contributed by atoms with Crippen molar-refractivity contribution in [1.29, 1.82) is 0 Å². The quantitative estimate of drug-likeness (QED) is 0.745. The van der Waals surface area contributed by atoms with Crippen LogP contribution in [-0.2, 0) is 4.79 Å². The van der Waals surface area contributed by atoms with Crippen LogP contribution in [0, 0.1) is 5.41 Å². The summed E-state index contributed by atoms with van der Waals surface area (Å²) in [6.07, 6.45) is 6.26. The SMILES string of the molecule is CSC1CCC(NC(=O)N[C@H](C(=O)O)C(C)(C)C)CC1. The Morgan fingerprint density at radius 1 is 1.20 bits per heavy atom. The summed E-state index contributed by atoms with van der Waals surface area (Å²) in [6, 6.07) is -1.10. The topological polar surface area (TPSA) is 78.4 Å². The first-order valence-corrected chi connectivity index (χ1v) is 8.35. The molecule has 0 heterocycles. The maximum absolute atomic E-state index is 11.9. The fourth-order valence-electron chi connectivity index (χ4n) is 2.45. The van der Waals surface area contributed by atoms with Crippen LogP contribution in [0.1, 0.15) is 46.5 Å². The summed E-state index contributed by atoms with van der Waals surface area (Å²) in [5.41, 5.74) is -0.514. The molecule has 0 bridgehead atoms. The number of thioether (sulfide) groups is 1. The van der Waals surface area contributed by atoms with Crippen molar-refractivity contribution in [2.24, 2.45) is 5.41 Å². The van der Waals surface area contributed by atoms with Gasteiger partial charge in [-0.1, -0.05) is 20.8 Å². The van der Waals surface area contributed by atoms with Gasteiger partial charge in [0.15, 0.2) is 0 Å². The zero-order chi connectivity index (χ0) is 15.3. The van der Waals surface area contributed by atoms with E-state index in [4.69, 9.17) is 0 Å². The zero-order valence-corrected chi connectivity index (χ0v) is 13.5. The Morgan fingerprint density at radius 2 is 1.75 bits per heavy atom. The van der Waals surface area contributed by atoms with Gasteiger partial charge in [-0.05, 0) is 37.4 Å². The van der Waals surface area contributed by atoms with Crippen LogP contribution in [0.25, 0.3) is 0 Å². The van der Waals surface area contributed by atoms with E-state index >= 15 is 0 Å². The van der Waals surface area contributed by atoms with Crippen molar-refractivity contribution in [2.75, 3.05) is 6.26 Å². The van der Waals surface area contributed by atoms with Crippen LogP contribution in [0.2, 0.25) is 0 Å². The van der Waals surface area contributed by atoms with Crippen LogP contribution in [-0.4, -0.2) is 40.7 Å². The summed E-state index contributed by atoms with van der Waals surface area (Å²) in [6.45, 7) is 5.40. The minimum absolute atomic E-state index is 0.160. The van der Waals surface area contributed by atoms with Crippen LogP contribution in [0.15, 0.2) is 0 Å². The number of carboxylic acid groups (broad SMARTS) is 1. The monoisotopic (exact) mass is 302 g/mol. The van der Waals surface area contributed by atoms with Gasteiger partial charge < -0.3 is 15.7 Å². The van der Waals surface area contributed by atoms with E-state index in [0.717, 1.165) is 25.7 Å². The van der Waals surface area contributed by atoms with E-state index in [1.54, 1.807) is 20.8 Å². The first-order chi connectivity index (χ1) is 9.24. The van der Waals surface area contributed by atoms with Gasteiger partial charge in [0, 0.05) is 11.3 Å². The van der Waals surface area contributed by atoms with Gasteiger partial charge in [-0.15, -0.1) is 0 Å². The fraction of sp³-hybridized carbons (Fsp3) is 0.857. The molecule has 0 spiro atoms. The maximum atomic E-state index is 11.9. The lowest BCUT2D eigenvalue weighted by molar-refractivity contribution is -0.141. The van der Waals surface area contributed by atoms with Crippen molar-refractivity contribution in [1.82, 2.24) is 10.6 Å². The van der Waals surface area contributed by atoms with Gasteiger partial charge in [0.1, 0.15) is 6.04 Å². The van der Waals surface area contributed by atoms with E-state index in [-0.39, 0.29) is 12.1 Å². The third-order valence-corrected chi connectivity index (χ3v) is 4.87. The molecule has 1 aliphatic rings. The zero-order valence-electron chi connectivity index (χ0n) is 12.7. The Balaban J connectivity index is 2.45. The predicted octanol–water partition coefficient (Wildman–Crippen LogP) is 2.46. The normalized spacial score (nSPS) is 24.8. The third kappa shape index (κ3) is 5.23. The second kappa shape index (κ2) is 7.20. The Hall–Kier alpha value is -0.910. The number of rotatable bonds is 4. The van der Waals surface area contributed by atoms with E-state index in [2.05, 4.69) is 16.9 Å². The Labute approximate surface area is 125 Å². The number of urea groups is 1. The van der Waals surface area contributed by atoms with Gasteiger partial charge in [0.2, 0.25) is 0 Å². The molecule has 0 aromatic rings. The molecule has 20 heavy (non-hydrogen) atoms. The summed E-state index contributed by atoms with van der Waals surface area (Å²) < 4.78 is 0. The van der Waals surface area contributed by atoms with Gasteiger partial charge in [-0.25, -0.2) is 9.59 Å². The second-order valence-electron chi connectivity index (χ2n) is 6.46. The number of hydrogen-bond donors (Lipinski definition) is 3. The van der Waals surface area contributed by atoms with Crippen LogP contribution in [0.4, 0.5) is 4.79 Å². The Bertz CT molecular complexity index is 347. The van der Waals surface area contributed by atoms with Gasteiger partial charge >= 0.3 is 12.0 Å². The lowest BCUT2D eigenvalue weighted by atomic mass is 9.87. The number of nitrogens with one attached hydrogen (secondary N) is 2. The maximum Gasteiger partial charge on any atom is 0.326 e. The van der Waals surface area contributed by atoms with Crippen molar-refractivity contribution in [3.63, 3.8) is 0 Å². The van der Waals surface area contributed by atoms with Crippen molar-refractivity contribution in [3.8, 4) is 0 Å². The Morgan fingerprint density at radius 3 is 2.15 bits per heavy atom. The Kier molecular flexibility index (Phi) is 6.17. The summed E-state index contributed by atoms with van der Waals surface area (Å²) in [5.74, 6) is -1.00. The van der Waals surface area contributed by atoms with E-state index in [1.807, 2.05) is 11.8 Å². The lowest BCUT2D eigenvalue weighted by Crippen LogP contribution is -2.54. The van der Waals surface area contributed by atoms with Crippen LogP contribution >= 0.6 is 11.8 Å². The largest absolute Gasteiger partial charge is 0.480 e. The molecule has 0 aromatic carbocycles. The highest BCUT2D eigenvalue weighted by Gasteiger charge is 2.33. The van der Waals surface area contributed by atoms with Crippen LogP contribution in [0.5, 0.6) is 0 Å². The molecule has 2 amide bonds. The van der Waals surface area contributed by atoms with Crippen molar-refractivity contribution < 1.29 is 14.7 Å². The molecule has 116 valence electrons. The first kappa shape index (κ1) is 17.1. The van der Waals surface area contributed by atoms with Crippen LogP contribution < -0.4 is 10.6 Å². The summed E-state index contributed by atoms with van der Waals surface area (Å²) in [4.78, 5) is 23.1. The molecule has 0 unspecified atom stereocenters. The molecule has 0 aromatic heterocycles. The minimum atomic E-state index is -1.00. The second-order valence-corrected chi connectivity index (χ2v) is 7.60. The van der Waals surface area contributed by atoms with Gasteiger partial charge in [-0.3, -0.25) is 0 Å². The van der Waals surface area contributed by atoms with Gasteiger partial charge in [-0.2, -0.15) is 11.8 Å². The predicted molar refractivity (Wildman–Crippen MR) is 82.1 cm³/mol. The molecule has 1 saturated carbocycles. The number of hydrogen-bond acceptors (Lipinski definition) is 3. The number of carbonyl (C=O) groups is 2. The van der Waals surface area contributed by atoms with Crippen LogP contribution in [0.3, 0.4) is 0 Å². The molecule has 3 N–H and O–H groups in total. The number of amides is 2. The van der Waals surface area contributed by atoms with Gasteiger partial charge in [0.05, 0.1) is 0 Å². The average molecular weight is 302 g/mol. The highest BCUT2D eigenvalue weighted by atomic mass is 32.2. The number of carbonyl (C=O) groups excluding carboxylic acids is 1. The van der Waals surface area contributed by atoms with Crippen molar-refractivity contribution in [3.05, 3.63) is 0 Å². The lowest BCUT2D eigenvalue weighted by Gasteiger charge is -2.31. The minimum Gasteiger partial charge on any atom is -0.480 e. The highest BCUT2D eigenvalue weighted by molar-refractivity contribution is 7.99. The fourth-order valence-corrected chi connectivity index (χ4v) is 3.19. The summed E-state index contributed by atoms with van der Waals surface area (Å²) in [7, 11) is 0. The smallest absolute Gasteiger partial charge is 0.326 e. The molecule has 1 aliphatic carbocycles. The number of aliphatic carboxylic acids is 1. The molecular formula is C14H26N2O3S. The molecule has 0 radical (unpaired) electrons. The van der Waals surface area contributed by atoms with Crippen molar-refractivity contribution >= 4 is 23.8 Å².